The van der Waals surface area contributed by atoms with Crippen molar-refractivity contribution >= 4 is 22.4 Å². The van der Waals surface area contributed by atoms with Crippen molar-refractivity contribution in [1.82, 2.24) is 41.4 Å². The average molecular weight is 323 g/mol. The minimum atomic E-state index is -0.284. The van der Waals surface area contributed by atoms with Gasteiger partial charge in [-0.25, -0.2) is 15.1 Å². The number of nitrogens with one attached hydrogen (secondary N) is 3. The summed E-state index contributed by atoms with van der Waals surface area (Å²) in [6, 6.07) is 0. The van der Waals surface area contributed by atoms with Crippen molar-refractivity contribution in [2.24, 2.45) is 5.92 Å². The summed E-state index contributed by atoms with van der Waals surface area (Å²) < 4.78 is 1.53. The number of thiazole rings is 1. The molecule has 2 atom stereocenters. The number of aromatic nitrogens is 5. The first-order valence-electron chi connectivity index (χ1n) is 6.92. The number of tetrazole rings is 1. The number of rotatable bonds is 6. The van der Waals surface area contributed by atoms with Crippen LogP contribution in [0.25, 0.3) is 0 Å². The normalized spacial score (nSPS) is 21.1. The van der Waals surface area contributed by atoms with Gasteiger partial charge >= 0.3 is 0 Å². The number of aryl methyl sites for hydroxylation is 1. The number of nitrogens with two attached hydrogens (primary N) is 1. The van der Waals surface area contributed by atoms with Crippen molar-refractivity contribution < 1.29 is 4.79 Å². The maximum absolute atomic E-state index is 12.3. The number of anilines is 1. The van der Waals surface area contributed by atoms with E-state index in [1.54, 1.807) is 0 Å². The summed E-state index contributed by atoms with van der Waals surface area (Å²) in [6.45, 7) is 1.12. The molecule has 1 aliphatic rings. The van der Waals surface area contributed by atoms with Crippen molar-refractivity contribution in [1.29, 1.82) is 0 Å². The van der Waals surface area contributed by atoms with E-state index in [0.717, 1.165) is 18.5 Å². The zero-order chi connectivity index (χ0) is 15.4. The highest BCUT2D eigenvalue weighted by Gasteiger charge is 2.34. The van der Waals surface area contributed by atoms with Crippen LogP contribution in [0.5, 0.6) is 0 Å². The molecule has 22 heavy (non-hydrogen) atoms. The van der Waals surface area contributed by atoms with Crippen LogP contribution in [0.1, 0.15) is 18.3 Å². The molecule has 2 aromatic heterocycles. The Kier molecular flexibility index (Phi) is 4.56. The number of hydrogen-bond acceptors (Lipinski definition) is 9. The summed E-state index contributed by atoms with van der Waals surface area (Å²) in [6.07, 6.45) is 2.81. The van der Waals surface area contributed by atoms with E-state index < -0.39 is 0 Å². The van der Waals surface area contributed by atoms with Gasteiger partial charge in [0.1, 0.15) is 12.5 Å². The molecule has 118 valence electrons. The van der Waals surface area contributed by atoms with Crippen LogP contribution in [0.15, 0.2) is 11.7 Å². The average Bonchev–Trinajstić information content (AvgIpc) is 3.23. The van der Waals surface area contributed by atoms with Gasteiger partial charge < -0.3 is 11.1 Å². The number of carbonyl (C=O) groups is 1. The molecule has 1 saturated heterocycles. The molecule has 1 amide bonds. The number of carbonyl (C=O) groups excluding carboxylic acids is 1. The van der Waals surface area contributed by atoms with Crippen LogP contribution in [-0.2, 0) is 11.2 Å². The van der Waals surface area contributed by atoms with Crippen molar-refractivity contribution in [3.05, 3.63) is 17.4 Å². The molecular weight excluding hydrogens is 306 g/mol. The Morgan fingerprint density at radius 1 is 1.59 bits per heavy atom. The molecule has 3 rings (SSSR count). The van der Waals surface area contributed by atoms with E-state index in [1.807, 2.05) is 5.38 Å². The maximum atomic E-state index is 12.3. The molecule has 0 aromatic carbocycles. The highest BCUT2D eigenvalue weighted by Crippen LogP contribution is 2.17. The molecule has 0 aliphatic carbocycles. The second kappa shape index (κ2) is 6.77. The third-order valence-electron chi connectivity index (χ3n) is 3.42. The lowest BCUT2D eigenvalue weighted by molar-refractivity contribution is -0.125. The van der Waals surface area contributed by atoms with Gasteiger partial charge in [-0.05, 0) is 23.3 Å². The zero-order valence-electron chi connectivity index (χ0n) is 11.8. The Hall–Kier alpha value is -2.11. The molecule has 11 heteroatoms. The van der Waals surface area contributed by atoms with Crippen LogP contribution in [0, 0.1) is 5.92 Å². The Labute approximate surface area is 130 Å². The fraction of sp³-hybridized carbons (Fsp3) is 0.545. The highest BCUT2D eigenvalue weighted by atomic mass is 32.1. The van der Waals surface area contributed by atoms with Crippen molar-refractivity contribution in [3.8, 4) is 0 Å². The first kappa shape index (κ1) is 14.8. The predicted molar refractivity (Wildman–Crippen MR) is 79.3 cm³/mol. The molecule has 2 aromatic rings. The third kappa shape index (κ3) is 3.37. The number of nitrogen functional groups attached to an aromatic ring is 1. The molecule has 1 aliphatic heterocycles. The van der Waals surface area contributed by atoms with Gasteiger partial charge in [0.25, 0.3) is 0 Å². The van der Waals surface area contributed by atoms with Gasteiger partial charge in [-0.15, -0.1) is 16.4 Å². The Balaban J connectivity index is 1.45. The summed E-state index contributed by atoms with van der Waals surface area (Å²) in [4.78, 5) is 16.4. The van der Waals surface area contributed by atoms with E-state index in [9.17, 15) is 4.79 Å². The van der Waals surface area contributed by atoms with Crippen molar-refractivity contribution in [2.75, 3.05) is 18.8 Å². The van der Waals surface area contributed by atoms with E-state index in [4.69, 9.17) is 5.73 Å². The smallest absolute Gasteiger partial charge is 0.228 e. The quantitative estimate of drug-likeness (QED) is 0.481. The van der Waals surface area contributed by atoms with Gasteiger partial charge in [0.2, 0.25) is 5.91 Å². The van der Waals surface area contributed by atoms with Crippen LogP contribution < -0.4 is 21.9 Å². The van der Waals surface area contributed by atoms with Crippen molar-refractivity contribution in [3.63, 3.8) is 0 Å². The summed E-state index contributed by atoms with van der Waals surface area (Å²) >= 11 is 1.43. The predicted octanol–water partition coefficient (Wildman–Crippen LogP) is -1.32. The number of hydrazine groups is 1. The molecule has 2 unspecified atom stereocenters. The highest BCUT2D eigenvalue weighted by molar-refractivity contribution is 7.13. The lowest BCUT2D eigenvalue weighted by atomic mass is 10.1. The monoisotopic (exact) mass is 323 g/mol. The van der Waals surface area contributed by atoms with Crippen LogP contribution in [0.3, 0.4) is 0 Å². The summed E-state index contributed by atoms with van der Waals surface area (Å²) in [5.41, 5.74) is 12.5. The first-order valence-corrected chi connectivity index (χ1v) is 7.80. The summed E-state index contributed by atoms with van der Waals surface area (Å²) in [5.74, 6) is -0.297. The second-order valence-electron chi connectivity index (χ2n) is 4.94. The third-order valence-corrected chi connectivity index (χ3v) is 4.14. The van der Waals surface area contributed by atoms with E-state index in [0.29, 0.717) is 18.2 Å². The Morgan fingerprint density at radius 3 is 3.23 bits per heavy atom. The first-order chi connectivity index (χ1) is 10.7. The van der Waals surface area contributed by atoms with Gasteiger partial charge in [-0.1, -0.05) is 0 Å². The summed E-state index contributed by atoms with van der Waals surface area (Å²) in [7, 11) is 0. The van der Waals surface area contributed by atoms with E-state index in [1.165, 1.54) is 22.3 Å². The van der Waals surface area contributed by atoms with Gasteiger partial charge in [0.05, 0.1) is 11.6 Å². The standard InChI is InChI=1S/C11H17N9OS/c12-11-16-7(5-22-11)2-1-3-13-10(21)8-4-14-17-9(8)20-6-15-18-19-20/h5-6,8-9,14,17H,1-4H2,(H2,12,16)(H,13,21). The largest absolute Gasteiger partial charge is 0.375 e. The van der Waals surface area contributed by atoms with Gasteiger partial charge in [0.15, 0.2) is 5.13 Å². The summed E-state index contributed by atoms with van der Waals surface area (Å²) in [5, 5.41) is 16.5. The topological polar surface area (TPSA) is 136 Å². The second-order valence-corrected chi connectivity index (χ2v) is 5.83. The molecule has 0 saturated carbocycles. The maximum Gasteiger partial charge on any atom is 0.228 e. The molecule has 0 radical (unpaired) electrons. The van der Waals surface area contributed by atoms with E-state index in [-0.39, 0.29) is 18.0 Å². The fourth-order valence-electron chi connectivity index (χ4n) is 2.32. The SMILES string of the molecule is Nc1nc(CCCNC(=O)C2CNNC2n2cnnn2)cs1. The molecule has 10 nitrogen and oxygen atoms in total. The molecular formula is C11H17N9OS. The molecule has 1 fully saturated rings. The minimum absolute atomic E-state index is 0.0317. The van der Waals surface area contributed by atoms with Crippen LogP contribution in [0.2, 0.25) is 0 Å². The van der Waals surface area contributed by atoms with Gasteiger partial charge in [0, 0.05) is 18.5 Å². The molecule has 0 spiro atoms. The van der Waals surface area contributed by atoms with Crippen LogP contribution >= 0.6 is 11.3 Å². The molecule has 3 heterocycles. The van der Waals surface area contributed by atoms with Crippen LogP contribution in [-0.4, -0.2) is 44.2 Å². The number of nitrogens with zero attached hydrogens (tertiary/aromatic N) is 5. The zero-order valence-corrected chi connectivity index (χ0v) is 12.6. The Bertz CT molecular complexity index is 613. The van der Waals surface area contributed by atoms with Gasteiger partial charge in [-0.3, -0.25) is 10.2 Å². The van der Waals surface area contributed by atoms with E-state index >= 15 is 0 Å². The lowest BCUT2D eigenvalue weighted by Crippen LogP contribution is -2.38. The van der Waals surface area contributed by atoms with Crippen LogP contribution in [0.4, 0.5) is 5.13 Å². The fourth-order valence-corrected chi connectivity index (χ4v) is 2.92. The number of hydrogen-bond donors (Lipinski definition) is 4. The number of amides is 1. The Morgan fingerprint density at radius 2 is 2.50 bits per heavy atom. The molecule has 5 N–H and O–H groups in total. The lowest BCUT2D eigenvalue weighted by Gasteiger charge is -2.17. The van der Waals surface area contributed by atoms with E-state index in [2.05, 4.69) is 36.7 Å². The minimum Gasteiger partial charge on any atom is -0.375 e. The van der Waals surface area contributed by atoms with Crippen molar-refractivity contribution in [2.45, 2.75) is 19.0 Å². The van der Waals surface area contributed by atoms with Gasteiger partial charge in [-0.2, -0.15) is 0 Å². The molecule has 0 bridgehead atoms.